The van der Waals surface area contributed by atoms with Crippen LogP contribution in [0.15, 0.2) is 28.3 Å². The van der Waals surface area contributed by atoms with Crippen molar-refractivity contribution in [2.24, 2.45) is 5.41 Å². The fraction of sp³-hybridized carbons (Fsp3) is 0.692. The van der Waals surface area contributed by atoms with Gasteiger partial charge in [-0.3, -0.25) is 0 Å². The smallest absolute Gasteiger partial charge is 0.128 e. The van der Waals surface area contributed by atoms with E-state index in [1.165, 1.54) is 0 Å². The second kappa shape index (κ2) is 19.5. The summed E-state index contributed by atoms with van der Waals surface area (Å²) in [5.41, 5.74) is 1.27. The molecule has 0 fully saturated rings. The SMILES string of the molecule is CC.CC.CC.CCN(CC)c1ccc(-c2ncc(Br)s2)cn1.COC(C)(C)C(C)(C)C. The van der Waals surface area contributed by atoms with E-state index in [1.807, 2.05) is 53.9 Å². The maximum absolute atomic E-state index is 5.30. The van der Waals surface area contributed by atoms with E-state index < -0.39 is 0 Å². The van der Waals surface area contributed by atoms with Crippen molar-refractivity contribution in [2.45, 2.75) is 95.6 Å². The summed E-state index contributed by atoms with van der Waals surface area (Å²) in [6.07, 6.45) is 3.71. The molecule has 0 unspecified atom stereocenters. The Bertz CT molecular complexity index is 660. The van der Waals surface area contributed by atoms with Crippen molar-refractivity contribution in [3.63, 3.8) is 0 Å². The summed E-state index contributed by atoms with van der Waals surface area (Å²) < 4.78 is 6.34. The number of aromatic nitrogens is 2. The second-order valence-corrected chi connectivity index (χ2v) is 9.92. The highest BCUT2D eigenvalue weighted by Crippen LogP contribution is 2.32. The number of rotatable bonds is 5. The third kappa shape index (κ3) is 12.9. The number of nitrogens with zero attached hydrogens (tertiary/aromatic N) is 3. The third-order valence-corrected chi connectivity index (χ3v) is 6.40. The minimum absolute atomic E-state index is 0.0208. The summed E-state index contributed by atoms with van der Waals surface area (Å²) in [5, 5.41) is 0.996. The molecule has 2 heterocycles. The molecule has 0 aliphatic heterocycles. The number of methoxy groups -OCH3 is 1. The Labute approximate surface area is 212 Å². The van der Waals surface area contributed by atoms with E-state index in [2.05, 4.69) is 91.4 Å². The Kier molecular flexibility index (Phi) is 21.7. The van der Waals surface area contributed by atoms with Gasteiger partial charge < -0.3 is 9.64 Å². The Morgan fingerprint density at radius 2 is 1.38 bits per heavy atom. The minimum atomic E-state index is -0.0208. The summed E-state index contributed by atoms with van der Waals surface area (Å²) in [7, 11) is 1.76. The molecular formula is C26H50BrN3OS. The Hall–Kier alpha value is -0.980. The van der Waals surface area contributed by atoms with Crippen LogP contribution in [0.25, 0.3) is 10.6 Å². The molecule has 2 aromatic rings. The van der Waals surface area contributed by atoms with Crippen LogP contribution < -0.4 is 4.90 Å². The van der Waals surface area contributed by atoms with E-state index >= 15 is 0 Å². The molecule has 0 spiro atoms. The molecule has 2 aromatic heterocycles. The van der Waals surface area contributed by atoms with Gasteiger partial charge in [0.05, 0.1) is 15.6 Å². The molecule has 0 amide bonds. The number of thiazole rings is 1. The van der Waals surface area contributed by atoms with E-state index in [1.54, 1.807) is 18.4 Å². The maximum atomic E-state index is 5.30. The van der Waals surface area contributed by atoms with Gasteiger partial charge in [0.15, 0.2) is 0 Å². The predicted molar refractivity (Wildman–Crippen MR) is 151 cm³/mol. The van der Waals surface area contributed by atoms with E-state index in [-0.39, 0.29) is 11.0 Å². The van der Waals surface area contributed by atoms with E-state index in [0.717, 1.165) is 33.3 Å². The van der Waals surface area contributed by atoms with Crippen LogP contribution >= 0.6 is 27.3 Å². The molecule has 0 saturated carbocycles. The molecule has 0 aromatic carbocycles. The zero-order chi connectivity index (χ0) is 26.0. The topological polar surface area (TPSA) is 38.2 Å². The molecule has 0 saturated heterocycles. The first-order valence-electron chi connectivity index (χ1n) is 11.9. The lowest BCUT2D eigenvalue weighted by Gasteiger charge is -2.37. The molecule has 188 valence electrons. The van der Waals surface area contributed by atoms with Crippen LogP contribution in [0.5, 0.6) is 0 Å². The van der Waals surface area contributed by atoms with Gasteiger partial charge in [-0.05, 0) is 61.2 Å². The average Bonchev–Trinajstić information content (AvgIpc) is 3.25. The Morgan fingerprint density at radius 3 is 1.62 bits per heavy atom. The van der Waals surface area contributed by atoms with Crippen molar-refractivity contribution in [3.8, 4) is 10.6 Å². The summed E-state index contributed by atoms with van der Waals surface area (Å²) >= 11 is 5.04. The van der Waals surface area contributed by atoms with E-state index in [0.29, 0.717) is 0 Å². The zero-order valence-corrected chi connectivity index (χ0v) is 25.7. The average molecular weight is 533 g/mol. The van der Waals surface area contributed by atoms with E-state index in [9.17, 15) is 0 Å². The van der Waals surface area contributed by atoms with Crippen LogP contribution in [0.1, 0.15) is 90.0 Å². The summed E-state index contributed by atoms with van der Waals surface area (Å²) in [5.74, 6) is 1.02. The van der Waals surface area contributed by atoms with Crippen molar-refractivity contribution >= 4 is 33.1 Å². The van der Waals surface area contributed by atoms with Crippen molar-refractivity contribution in [1.82, 2.24) is 9.97 Å². The highest BCUT2D eigenvalue weighted by atomic mass is 79.9. The lowest BCUT2D eigenvalue weighted by molar-refractivity contribution is -0.0620. The monoisotopic (exact) mass is 531 g/mol. The van der Waals surface area contributed by atoms with Gasteiger partial charge in [-0.15, -0.1) is 11.3 Å². The number of halogens is 1. The largest absolute Gasteiger partial charge is 0.378 e. The normalized spacial score (nSPS) is 10.1. The minimum Gasteiger partial charge on any atom is -0.378 e. The summed E-state index contributed by atoms with van der Waals surface area (Å²) in [4.78, 5) is 11.0. The molecule has 0 atom stereocenters. The second-order valence-electron chi connectivity index (χ2n) is 7.51. The fourth-order valence-corrected chi connectivity index (χ4v) is 3.14. The van der Waals surface area contributed by atoms with Crippen molar-refractivity contribution in [3.05, 3.63) is 28.3 Å². The zero-order valence-electron chi connectivity index (χ0n) is 23.3. The Morgan fingerprint density at radius 1 is 0.875 bits per heavy atom. The van der Waals surface area contributed by atoms with Gasteiger partial charge in [0, 0.05) is 32.0 Å². The third-order valence-electron chi connectivity index (χ3n) is 4.88. The van der Waals surface area contributed by atoms with Gasteiger partial charge in [-0.25, -0.2) is 9.97 Å². The standard InChI is InChI=1S/C12H14BrN3S.C8H18O.3C2H6/c1-3-16(4-2)11-6-5-9(7-14-11)12-15-8-10(13)17-12;1-7(2,3)8(4,5)9-6;3*1-2/h5-8H,3-4H2,1-2H3;1-6H3;3*1-2H3. The molecule has 6 heteroatoms. The lowest BCUT2D eigenvalue weighted by Crippen LogP contribution is -2.38. The molecule has 0 aliphatic rings. The molecule has 2 rings (SSSR count). The van der Waals surface area contributed by atoms with Crippen LogP contribution in [0, 0.1) is 5.41 Å². The maximum Gasteiger partial charge on any atom is 0.128 e. The first kappa shape index (κ1) is 35.6. The van der Waals surface area contributed by atoms with Crippen molar-refractivity contribution < 1.29 is 4.74 Å². The van der Waals surface area contributed by atoms with Crippen LogP contribution in [0.3, 0.4) is 0 Å². The molecule has 0 bridgehead atoms. The highest BCUT2D eigenvalue weighted by Gasteiger charge is 2.32. The first-order chi connectivity index (χ1) is 15.1. The summed E-state index contributed by atoms with van der Waals surface area (Å²) in [6.45, 7) is 29.0. The molecule has 0 N–H and O–H groups in total. The van der Waals surface area contributed by atoms with Gasteiger partial charge in [-0.2, -0.15) is 0 Å². The van der Waals surface area contributed by atoms with Crippen LogP contribution in [0.4, 0.5) is 5.82 Å². The van der Waals surface area contributed by atoms with Crippen molar-refractivity contribution in [1.29, 1.82) is 0 Å². The Balaban J connectivity index is -0.000000478. The molecule has 0 radical (unpaired) electrons. The van der Waals surface area contributed by atoms with Gasteiger partial charge in [-0.1, -0.05) is 62.3 Å². The first-order valence-corrected chi connectivity index (χ1v) is 13.5. The number of anilines is 1. The van der Waals surface area contributed by atoms with Gasteiger partial charge >= 0.3 is 0 Å². The van der Waals surface area contributed by atoms with Crippen LogP contribution in [0.2, 0.25) is 0 Å². The number of pyridine rings is 1. The molecule has 32 heavy (non-hydrogen) atoms. The fourth-order valence-electron chi connectivity index (χ4n) is 1.94. The van der Waals surface area contributed by atoms with Crippen molar-refractivity contribution in [2.75, 3.05) is 25.1 Å². The lowest BCUT2D eigenvalue weighted by atomic mass is 9.79. The molecular weight excluding hydrogens is 482 g/mol. The van der Waals surface area contributed by atoms with Crippen LogP contribution in [-0.2, 0) is 4.74 Å². The number of hydrogen-bond donors (Lipinski definition) is 0. The highest BCUT2D eigenvalue weighted by molar-refractivity contribution is 9.11. The van der Waals surface area contributed by atoms with Crippen LogP contribution in [-0.4, -0.2) is 35.8 Å². The predicted octanol–water partition coefficient (Wildman–Crippen LogP) is 9.35. The van der Waals surface area contributed by atoms with E-state index in [4.69, 9.17) is 4.74 Å². The van der Waals surface area contributed by atoms with Gasteiger partial charge in [0.1, 0.15) is 10.8 Å². The molecule has 0 aliphatic carbocycles. The van der Waals surface area contributed by atoms with Gasteiger partial charge in [0.2, 0.25) is 0 Å². The summed E-state index contributed by atoms with van der Waals surface area (Å²) in [6, 6.07) is 4.13. The van der Waals surface area contributed by atoms with Gasteiger partial charge in [0.25, 0.3) is 0 Å². The number of ether oxygens (including phenoxy) is 1. The number of hydrogen-bond acceptors (Lipinski definition) is 5. The molecule has 4 nitrogen and oxygen atoms in total. The quantitative estimate of drug-likeness (QED) is 0.384.